The zero-order valence-corrected chi connectivity index (χ0v) is 21.7. The van der Waals surface area contributed by atoms with Crippen LogP contribution in [0.2, 0.25) is 0 Å². The summed E-state index contributed by atoms with van der Waals surface area (Å²) in [5.41, 5.74) is 15.1. The van der Waals surface area contributed by atoms with Gasteiger partial charge in [-0.15, -0.1) is 5.11 Å². The van der Waals surface area contributed by atoms with Crippen molar-refractivity contribution >= 4 is 17.8 Å². The molecule has 2 aromatic rings. The van der Waals surface area contributed by atoms with E-state index in [-0.39, 0.29) is 23.3 Å². The van der Waals surface area contributed by atoms with Crippen LogP contribution in [-0.2, 0) is 17.8 Å². The molecule has 0 unspecified atom stereocenters. The quantitative estimate of drug-likeness (QED) is 0.264. The molecule has 7 nitrogen and oxygen atoms in total. The number of nitrogens with two attached hydrogens (primary N) is 1. The molecule has 1 aliphatic rings. The summed E-state index contributed by atoms with van der Waals surface area (Å²) in [6, 6.07) is 17.6. The third-order valence-corrected chi connectivity index (χ3v) is 7.27. The summed E-state index contributed by atoms with van der Waals surface area (Å²) in [4.78, 5) is 31.3. The number of rotatable bonds is 8. The average Bonchev–Trinajstić information content (AvgIpc) is 2.87. The van der Waals surface area contributed by atoms with Gasteiger partial charge in [-0.05, 0) is 73.1 Å². The highest BCUT2D eigenvalue weighted by atomic mass is 16.2. The van der Waals surface area contributed by atoms with E-state index in [1.807, 2.05) is 30.3 Å². The van der Waals surface area contributed by atoms with Gasteiger partial charge in [0.25, 0.3) is 5.91 Å². The maximum atomic E-state index is 13.5. The molecule has 192 valence electrons. The molecule has 0 spiro atoms. The van der Waals surface area contributed by atoms with Crippen molar-refractivity contribution in [1.82, 2.24) is 4.90 Å². The predicted octanol–water partition coefficient (Wildman–Crippen LogP) is 6.13. The first kappa shape index (κ1) is 27.2. The van der Waals surface area contributed by atoms with E-state index in [0.29, 0.717) is 24.4 Å². The van der Waals surface area contributed by atoms with Crippen LogP contribution >= 0.6 is 0 Å². The zero-order valence-electron chi connectivity index (χ0n) is 21.7. The van der Waals surface area contributed by atoms with Gasteiger partial charge in [0.1, 0.15) is 0 Å². The molecule has 0 bridgehead atoms. The number of aliphatic imine (C=N–C) groups is 1. The minimum Gasteiger partial charge on any atom is -0.366 e. The second kappa shape index (κ2) is 12.6. The highest BCUT2D eigenvalue weighted by Gasteiger charge is 2.33. The fourth-order valence-corrected chi connectivity index (χ4v) is 5.05. The predicted molar refractivity (Wildman–Crippen MR) is 143 cm³/mol. The molecule has 2 aromatic carbocycles. The molecule has 0 saturated heterocycles. The number of benzene rings is 2. The number of carbonyl (C=O) groups is 2. The van der Waals surface area contributed by atoms with E-state index in [1.54, 1.807) is 12.1 Å². The van der Waals surface area contributed by atoms with E-state index in [1.165, 1.54) is 5.56 Å². The van der Waals surface area contributed by atoms with Gasteiger partial charge in [0, 0.05) is 24.6 Å². The number of aryl methyl sites for hydroxylation is 1. The molecule has 7 heteroatoms. The third-order valence-electron chi connectivity index (χ3n) is 7.27. The maximum Gasteiger partial charge on any atom is 0.280 e. The summed E-state index contributed by atoms with van der Waals surface area (Å²) in [5, 5.41) is 2.96. The smallest absolute Gasteiger partial charge is 0.280 e. The number of hydrogen-bond acceptors (Lipinski definition) is 3. The molecule has 1 saturated carbocycles. The van der Waals surface area contributed by atoms with E-state index in [9.17, 15) is 9.59 Å². The molecule has 1 fully saturated rings. The lowest BCUT2D eigenvalue weighted by Gasteiger charge is -2.41. The minimum absolute atomic E-state index is 0.194. The zero-order chi connectivity index (χ0) is 26.1. The Hall–Kier alpha value is -3.35. The first-order valence-corrected chi connectivity index (χ1v) is 12.9. The second-order valence-electron chi connectivity index (χ2n) is 10.8. The van der Waals surface area contributed by atoms with Crippen molar-refractivity contribution in [3.63, 3.8) is 0 Å². The summed E-state index contributed by atoms with van der Waals surface area (Å²) in [6.07, 6.45) is 6.55. The van der Waals surface area contributed by atoms with Gasteiger partial charge in [-0.1, -0.05) is 63.2 Å². The molecule has 1 aliphatic carbocycles. The Morgan fingerprint density at radius 1 is 0.972 bits per heavy atom. The number of nitrogens with one attached hydrogen (secondary N) is 1. The van der Waals surface area contributed by atoms with E-state index < -0.39 is 5.91 Å². The van der Waals surface area contributed by atoms with Crippen molar-refractivity contribution in [3.8, 4) is 0 Å². The lowest BCUT2D eigenvalue weighted by molar-refractivity contribution is -0.135. The summed E-state index contributed by atoms with van der Waals surface area (Å²) in [7, 11) is 0. The number of hydrogen-bond donors (Lipinski definition) is 2. The third kappa shape index (κ3) is 7.83. The highest BCUT2D eigenvalue weighted by Crippen LogP contribution is 2.39. The van der Waals surface area contributed by atoms with Gasteiger partial charge in [0.15, 0.2) is 0 Å². The van der Waals surface area contributed by atoms with Gasteiger partial charge in [0.05, 0.1) is 0 Å². The standard InChI is InChI=1S/C29H39N5O2/c1-29(2,3)24-16-18-25(19-17-24)34(26(35)11-7-10-21-8-5-4-6-9-21)20-22-12-14-23(15-13-22)27(36)32-28(30)33-31/h4-6,8-9,12-15,24-25,31H,7,10-11,16-20H2,1-3H3,(H2,30,32,36). The molecular formula is C29H39N5O2. The summed E-state index contributed by atoms with van der Waals surface area (Å²) in [6.45, 7) is 7.45. The van der Waals surface area contributed by atoms with Crippen molar-refractivity contribution in [2.24, 2.45) is 27.2 Å². The molecule has 0 aromatic heterocycles. The molecule has 36 heavy (non-hydrogen) atoms. The molecule has 0 radical (unpaired) electrons. The van der Waals surface area contributed by atoms with Gasteiger partial charge in [-0.3, -0.25) is 9.59 Å². The van der Waals surface area contributed by atoms with Gasteiger partial charge in [0.2, 0.25) is 11.9 Å². The monoisotopic (exact) mass is 489 g/mol. The van der Waals surface area contributed by atoms with E-state index in [4.69, 9.17) is 11.3 Å². The van der Waals surface area contributed by atoms with Gasteiger partial charge in [-0.25, -0.2) is 5.53 Å². The number of carbonyl (C=O) groups excluding carboxylic acids is 2. The van der Waals surface area contributed by atoms with Crippen LogP contribution in [0.4, 0.5) is 0 Å². The Bertz CT molecular complexity index is 1050. The first-order chi connectivity index (χ1) is 17.2. The topological polar surface area (TPSA) is 112 Å². The largest absolute Gasteiger partial charge is 0.366 e. The summed E-state index contributed by atoms with van der Waals surface area (Å²) >= 11 is 0. The van der Waals surface area contributed by atoms with Crippen LogP contribution in [-0.4, -0.2) is 28.7 Å². The van der Waals surface area contributed by atoms with Crippen LogP contribution in [0.1, 0.15) is 80.8 Å². The van der Waals surface area contributed by atoms with Gasteiger partial charge < -0.3 is 10.6 Å². The lowest BCUT2D eigenvalue weighted by Crippen LogP contribution is -2.43. The Kier molecular flexibility index (Phi) is 9.51. The van der Waals surface area contributed by atoms with Crippen molar-refractivity contribution in [3.05, 3.63) is 71.3 Å². The fraction of sp³-hybridized carbons (Fsp3) is 0.483. The molecule has 3 N–H and O–H groups in total. The number of amides is 2. The molecule has 0 atom stereocenters. The van der Waals surface area contributed by atoms with Crippen molar-refractivity contribution < 1.29 is 9.59 Å². The summed E-state index contributed by atoms with van der Waals surface area (Å²) in [5.74, 6) is -0.0381. The van der Waals surface area contributed by atoms with Crippen LogP contribution in [0.15, 0.2) is 64.7 Å². The normalized spacial score (nSPS) is 18.5. The fourth-order valence-electron chi connectivity index (χ4n) is 5.05. The first-order valence-electron chi connectivity index (χ1n) is 12.9. The molecule has 3 rings (SSSR count). The van der Waals surface area contributed by atoms with Crippen LogP contribution < -0.4 is 5.73 Å². The SMILES string of the molecule is CC(C)(C)C1CCC(N(Cc2ccc(C(=O)N=C(N)N=N)cc2)C(=O)CCCc2ccccc2)CC1. The lowest BCUT2D eigenvalue weighted by atomic mass is 9.71. The molecule has 2 amide bonds. The minimum atomic E-state index is -0.538. The van der Waals surface area contributed by atoms with Crippen molar-refractivity contribution in [2.75, 3.05) is 0 Å². The highest BCUT2D eigenvalue weighted by molar-refractivity contribution is 6.02. The van der Waals surface area contributed by atoms with E-state index >= 15 is 0 Å². The number of guanidine groups is 1. The molecular weight excluding hydrogens is 450 g/mol. The van der Waals surface area contributed by atoms with Crippen LogP contribution in [0.25, 0.3) is 0 Å². The van der Waals surface area contributed by atoms with Crippen molar-refractivity contribution in [1.29, 1.82) is 5.53 Å². The maximum absolute atomic E-state index is 13.5. The van der Waals surface area contributed by atoms with Crippen LogP contribution in [0.5, 0.6) is 0 Å². The Labute approximate surface area is 214 Å². The summed E-state index contributed by atoms with van der Waals surface area (Å²) < 4.78 is 0. The molecule has 0 heterocycles. The van der Waals surface area contributed by atoms with E-state index in [0.717, 1.165) is 44.1 Å². The van der Waals surface area contributed by atoms with Crippen LogP contribution in [0, 0.1) is 16.9 Å². The second-order valence-corrected chi connectivity index (χ2v) is 10.8. The van der Waals surface area contributed by atoms with Gasteiger partial charge in [-0.2, -0.15) is 4.99 Å². The number of nitrogens with zero attached hydrogens (tertiary/aromatic N) is 3. The van der Waals surface area contributed by atoms with Crippen molar-refractivity contribution in [2.45, 2.75) is 78.3 Å². The Morgan fingerprint density at radius 2 is 1.61 bits per heavy atom. The van der Waals surface area contributed by atoms with E-state index in [2.05, 4.69) is 47.9 Å². The Morgan fingerprint density at radius 3 is 2.19 bits per heavy atom. The van der Waals surface area contributed by atoms with Gasteiger partial charge >= 0.3 is 0 Å². The Balaban J connectivity index is 1.69. The van der Waals surface area contributed by atoms with Crippen LogP contribution in [0.3, 0.4) is 0 Å². The average molecular weight is 490 g/mol. The molecule has 0 aliphatic heterocycles.